The topological polar surface area (TPSA) is 78.3 Å². The normalized spacial score (nSPS) is 10.6. The van der Waals surface area contributed by atoms with Crippen molar-refractivity contribution in [1.82, 2.24) is 14.8 Å². The quantitative estimate of drug-likeness (QED) is 0.404. The SMILES string of the molecule is C=CCn1c(SCC(=O)Nc2cc(OC)ccc2OC)nnc1-c1csc(C)c1. The second kappa shape index (κ2) is 9.62. The number of aromatic nitrogens is 3. The van der Waals surface area contributed by atoms with Gasteiger partial charge in [0.25, 0.3) is 0 Å². The number of thioether (sulfide) groups is 1. The predicted octanol–water partition coefficient (Wildman–Crippen LogP) is 4.25. The van der Waals surface area contributed by atoms with Crippen molar-refractivity contribution in [2.24, 2.45) is 0 Å². The molecule has 0 fully saturated rings. The molecule has 0 radical (unpaired) electrons. The summed E-state index contributed by atoms with van der Waals surface area (Å²) in [6.45, 7) is 6.43. The Kier molecular flexibility index (Phi) is 6.95. The van der Waals surface area contributed by atoms with Crippen molar-refractivity contribution in [3.63, 3.8) is 0 Å². The van der Waals surface area contributed by atoms with E-state index in [1.54, 1.807) is 49.8 Å². The molecule has 0 aliphatic heterocycles. The Bertz CT molecular complexity index is 1010. The Morgan fingerprint density at radius 2 is 2.14 bits per heavy atom. The van der Waals surface area contributed by atoms with Crippen LogP contribution in [-0.2, 0) is 11.3 Å². The summed E-state index contributed by atoms with van der Waals surface area (Å²) in [6, 6.07) is 7.31. The number of benzene rings is 1. The molecule has 1 N–H and O–H groups in total. The highest BCUT2D eigenvalue weighted by Gasteiger charge is 2.16. The van der Waals surface area contributed by atoms with E-state index in [0.717, 1.165) is 11.4 Å². The molecule has 7 nitrogen and oxygen atoms in total. The fourth-order valence-corrected chi connectivity index (χ4v) is 4.12. The predicted molar refractivity (Wildman–Crippen MR) is 117 cm³/mol. The second-order valence-corrected chi connectivity index (χ2v) is 8.11. The molecule has 0 saturated heterocycles. The molecule has 0 spiro atoms. The molecule has 152 valence electrons. The number of ether oxygens (including phenoxy) is 2. The third kappa shape index (κ3) is 4.99. The zero-order valence-electron chi connectivity index (χ0n) is 16.5. The number of amides is 1. The van der Waals surface area contributed by atoms with Gasteiger partial charge in [-0.2, -0.15) is 0 Å². The molecule has 2 aromatic heterocycles. The highest BCUT2D eigenvalue weighted by atomic mass is 32.2. The molecule has 1 amide bonds. The van der Waals surface area contributed by atoms with Gasteiger partial charge in [0, 0.05) is 28.4 Å². The fraction of sp³-hybridized carbons (Fsp3) is 0.250. The lowest BCUT2D eigenvalue weighted by Gasteiger charge is -2.12. The molecule has 29 heavy (non-hydrogen) atoms. The number of thiophene rings is 1. The van der Waals surface area contributed by atoms with Crippen molar-refractivity contribution in [2.45, 2.75) is 18.6 Å². The van der Waals surface area contributed by atoms with E-state index in [0.29, 0.717) is 28.9 Å². The van der Waals surface area contributed by atoms with Crippen LogP contribution < -0.4 is 14.8 Å². The molecule has 2 heterocycles. The number of rotatable bonds is 9. The Balaban J connectivity index is 1.72. The Labute approximate surface area is 177 Å². The van der Waals surface area contributed by atoms with Gasteiger partial charge >= 0.3 is 0 Å². The van der Waals surface area contributed by atoms with Crippen LogP contribution in [-0.4, -0.2) is 40.6 Å². The third-order valence-electron chi connectivity index (χ3n) is 4.03. The average molecular weight is 431 g/mol. The van der Waals surface area contributed by atoms with Gasteiger partial charge in [-0.15, -0.1) is 28.1 Å². The standard InChI is InChI=1S/C20H22N4O3S2/c1-5-8-24-19(14-9-13(2)28-11-14)22-23-20(24)29-12-18(25)21-16-10-15(26-3)6-7-17(16)27-4/h5-7,9-11H,1,8,12H2,2-4H3,(H,21,25). The van der Waals surface area contributed by atoms with Crippen molar-refractivity contribution in [2.75, 3.05) is 25.3 Å². The summed E-state index contributed by atoms with van der Waals surface area (Å²) in [5.74, 6) is 1.97. The number of hydrogen-bond acceptors (Lipinski definition) is 7. The van der Waals surface area contributed by atoms with E-state index in [2.05, 4.69) is 40.5 Å². The molecular formula is C20H22N4O3S2. The van der Waals surface area contributed by atoms with E-state index in [4.69, 9.17) is 9.47 Å². The average Bonchev–Trinajstić information content (AvgIpc) is 3.32. The van der Waals surface area contributed by atoms with Crippen molar-refractivity contribution in [1.29, 1.82) is 0 Å². The smallest absolute Gasteiger partial charge is 0.234 e. The van der Waals surface area contributed by atoms with E-state index in [9.17, 15) is 4.79 Å². The van der Waals surface area contributed by atoms with Crippen molar-refractivity contribution >= 4 is 34.7 Å². The first kappa shape index (κ1) is 20.9. The lowest BCUT2D eigenvalue weighted by atomic mass is 10.2. The highest BCUT2D eigenvalue weighted by Crippen LogP contribution is 2.30. The van der Waals surface area contributed by atoms with Crippen LogP contribution in [0.4, 0.5) is 5.69 Å². The summed E-state index contributed by atoms with van der Waals surface area (Å²) in [4.78, 5) is 13.7. The van der Waals surface area contributed by atoms with Gasteiger partial charge in [-0.3, -0.25) is 9.36 Å². The number of nitrogens with one attached hydrogen (secondary N) is 1. The maximum Gasteiger partial charge on any atom is 0.234 e. The van der Waals surface area contributed by atoms with Gasteiger partial charge < -0.3 is 14.8 Å². The lowest BCUT2D eigenvalue weighted by Crippen LogP contribution is -2.15. The molecule has 0 aliphatic rings. The number of carbonyl (C=O) groups excluding carboxylic acids is 1. The Morgan fingerprint density at radius 3 is 2.79 bits per heavy atom. The van der Waals surface area contributed by atoms with Crippen molar-refractivity contribution in [3.05, 3.63) is 47.2 Å². The molecule has 1 aromatic carbocycles. The van der Waals surface area contributed by atoms with Crippen LogP contribution >= 0.6 is 23.1 Å². The third-order valence-corrected chi connectivity index (χ3v) is 5.86. The Morgan fingerprint density at radius 1 is 1.31 bits per heavy atom. The molecule has 0 bridgehead atoms. The number of hydrogen-bond donors (Lipinski definition) is 1. The summed E-state index contributed by atoms with van der Waals surface area (Å²) >= 11 is 2.98. The fourth-order valence-electron chi connectivity index (χ4n) is 2.69. The summed E-state index contributed by atoms with van der Waals surface area (Å²) in [5, 5.41) is 14.2. The minimum atomic E-state index is -0.178. The van der Waals surface area contributed by atoms with E-state index >= 15 is 0 Å². The number of aryl methyl sites for hydroxylation is 1. The number of carbonyl (C=O) groups is 1. The maximum atomic E-state index is 12.5. The van der Waals surface area contributed by atoms with Gasteiger partial charge in [0.1, 0.15) is 11.5 Å². The van der Waals surface area contributed by atoms with Crippen LogP contribution in [0.1, 0.15) is 4.88 Å². The number of methoxy groups -OCH3 is 2. The van der Waals surface area contributed by atoms with E-state index in [1.165, 1.54) is 16.6 Å². The van der Waals surface area contributed by atoms with Gasteiger partial charge in [0.15, 0.2) is 11.0 Å². The molecule has 0 saturated carbocycles. The summed E-state index contributed by atoms with van der Waals surface area (Å²) in [5.41, 5.74) is 1.57. The zero-order chi connectivity index (χ0) is 20.8. The van der Waals surface area contributed by atoms with Crippen LogP contribution in [0.3, 0.4) is 0 Å². The number of allylic oxidation sites excluding steroid dienone is 1. The van der Waals surface area contributed by atoms with Crippen molar-refractivity contribution in [3.8, 4) is 22.9 Å². The first-order valence-electron chi connectivity index (χ1n) is 8.80. The zero-order valence-corrected chi connectivity index (χ0v) is 18.1. The van der Waals surface area contributed by atoms with Crippen LogP contribution in [0.15, 0.2) is 47.5 Å². The molecule has 3 aromatic rings. The second-order valence-electron chi connectivity index (χ2n) is 6.05. The maximum absolute atomic E-state index is 12.5. The van der Waals surface area contributed by atoms with Gasteiger partial charge in [0.05, 0.1) is 25.7 Å². The lowest BCUT2D eigenvalue weighted by molar-refractivity contribution is -0.113. The number of nitrogens with zero attached hydrogens (tertiary/aromatic N) is 3. The van der Waals surface area contributed by atoms with Gasteiger partial charge in [-0.25, -0.2) is 0 Å². The van der Waals surface area contributed by atoms with Gasteiger partial charge in [-0.05, 0) is 25.1 Å². The molecule has 0 unspecified atom stereocenters. The molecule has 0 aliphatic carbocycles. The van der Waals surface area contributed by atoms with E-state index in [1.807, 2.05) is 4.57 Å². The van der Waals surface area contributed by atoms with E-state index < -0.39 is 0 Å². The van der Waals surface area contributed by atoms with Crippen LogP contribution in [0.5, 0.6) is 11.5 Å². The number of anilines is 1. The molecule has 0 atom stereocenters. The molecule has 3 rings (SSSR count). The summed E-state index contributed by atoms with van der Waals surface area (Å²) < 4.78 is 12.5. The van der Waals surface area contributed by atoms with Gasteiger partial charge in [-0.1, -0.05) is 17.8 Å². The molecule has 9 heteroatoms. The largest absolute Gasteiger partial charge is 0.497 e. The van der Waals surface area contributed by atoms with Crippen LogP contribution in [0.25, 0.3) is 11.4 Å². The Hall–Kier alpha value is -2.78. The minimum absolute atomic E-state index is 0.178. The summed E-state index contributed by atoms with van der Waals surface area (Å²) in [7, 11) is 3.12. The van der Waals surface area contributed by atoms with E-state index in [-0.39, 0.29) is 11.7 Å². The molecular weight excluding hydrogens is 408 g/mol. The van der Waals surface area contributed by atoms with Crippen molar-refractivity contribution < 1.29 is 14.3 Å². The van der Waals surface area contributed by atoms with Crippen LogP contribution in [0, 0.1) is 6.92 Å². The first-order valence-corrected chi connectivity index (χ1v) is 10.7. The first-order chi connectivity index (χ1) is 14.0. The van der Waals surface area contributed by atoms with Gasteiger partial charge in [0.2, 0.25) is 5.91 Å². The van der Waals surface area contributed by atoms with Crippen LogP contribution in [0.2, 0.25) is 0 Å². The summed E-state index contributed by atoms with van der Waals surface area (Å²) in [6.07, 6.45) is 1.79. The highest BCUT2D eigenvalue weighted by molar-refractivity contribution is 7.99. The monoisotopic (exact) mass is 430 g/mol. The minimum Gasteiger partial charge on any atom is -0.497 e.